The first kappa shape index (κ1) is 13.5. The zero-order valence-electron chi connectivity index (χ0n) is 8.85. The van der Waals surface area contributed by atoms with Crippen LogP contribution in [0, 0.1) is 0 Å². The van der Waals surface area contributed by atoms with Gasteiger partial charge in [-0.05, 0) is 24.8 Å². The maximum absolute atomic E-state index is 10.4. The van der Waals surface area contributed by atoms with Gasteiger partial charge in [-0.2, -0.15) is 0 Å². The van der Waals surface area contributed by atoms with Crippen molar-refractivity contribution in [2.75, 3.05) is 6.54 Å². The molecule has 0 saturated carbocycles. The lowest BCUT2D eigenvalue weighted by Gasteiger charge is -2.00. The van der Waals surface area contributed by atoms with Gasteiger partial charge in [-0.3, -0.25) is 0 Å². The fraction of sp³-hybridized carbons (Fsp3) is 0.700. The van der Waals surface area contributed by atoms with Gasteiger partial charge in [0.1, 0.15) is 0 Å². The smallest absolute Gasteiger partial charge is 0.330 e. The Bertz CT molecular complexity index is 257. The second-order valence-electron chi connectivity index (χ2n) is 3.38. The van der Waals surface area contributed by atoms with Crippen LogP contribution in [0.15, 0.2) is 17.3 Å². The Labute approximate surface area is 89.4 Å². The Kier molecular flexibility index (Phi) is 8.19. The molecule has 5 heteroatoms. The highest BCUT2D eigenvalue weighted by molar-refractivity contribution is 5.85. The summed E-state index contributed by atoms with van der Waals surface area (Å²) in [5.74, 6) is -0.904. The SMILES string of the molecule is C=C(CCCCCCCN=[N+]=[N-])C(=O)O. The van der Waals surface area contributed by atoms with Gasteiger partial charge in [-0.15, -0.1) is 0 Å². The molecule has 0 aliphatic carbocycles. The van der Waals surface area contributed by atoms with E-state index in [0.29, 0.717) is 13.0 Å². The lowest BCUT2D eigenvalue weighted by Crippen LogP contribution is -1.98. The number of nitrogens with zero attached hydrogens (tertiary/aromatic N) is 3. The molecule has 0 atom stereocenters. The average molecular weight is 211 g/mol. The third-order valence-corrected chi connectivity index (χ3v) is 2.10. The molecular formula is C10H17N3O2. The highest BCUT2D eigenvalue weighted by atomic mass is 16.4. The molecule has 15 heavy (non-hydrogen) atoms. The Balaban J connectivity index is 3.21. The van der Waals surface area contributed by atoms with Gasteiger partial charge >= 0.3 is 5.97 Å². The average Bonchev–Trinajstić information content (AvgIpc) is 2.21. The van der Waals surface area contributed by atoms with E-state index in [-0.39, 0.29) is 5.57 Å². The van der Waals surface area contributed by atoms with Crippen molar-refractivity contribution in [2.24, 2.45) is 5.11 Å². The highest BCUT2D eigenvalue weighted by Crippen LogP contribution is 2.09. The minimum atomic E-state index is -0.904. The molecule has 0 amide bonds. The van der Waals surface area contributed by atoms with E-state index in [1.165, 1.54) is 0 Å². The molecular weight excluding hydrogens is 194 g/mol. The van der Waals surface area contributed by atoms with Gasteiger partial charge in [-0.25, -0.2) is 4.79 Å². The van der Waals surface area contributed by atoms with Crippen LogP contribution in [0.1, 0.15) is 38.5 Å². The van der Waals surface area contributed by atoms with E-state index in [4.69, 9.17) is 10.6 Å². The highest BCUT2D eigenvalue weighted by Gasteiger charge is 2.02. The summed E-state index contributed by atoms with van der Waals surface area (Å²) in [6.07, 6.45) is 5.41. The van der Waals surface area contributed by atoms with Crippen molar-refractivity contribution in [3.8, 4) is 0 Å². The van der Waals surface area contributed by atoms with Crippen LogP contribution < -0.4 is 0 Å². The summed E-state index contributed by atoms with van der Waals surface area (Å²) in [4.78, 5) is 13.1. The molecule has 0 saturated heterocycles. The van der Waals surface area contributed by atoms with Crippen molar-refractivity contribution in [3.05, 3.63) is 22.6 Å². The number of rotatable bonds is 9. The monoisotopic (exact) mass is 211 g/mol. The van der Waals surface area contributed by atoms with E-state index in [2.05, 4.69) is 16.6 Å². The van der Waals surface area contributed by atoms with Crippen LogP contribution in [0.5, 0.6) is 0 Å². The largest absolute Gasteiger partial charge is 0.478 e. The van der Waals surface area contributed by atoms with Gasteiger partial charge in [-0.1, -0.05) is 31.0 Å². The number of carboxylic acid groups (broad SMARTS) is 1. The first-order valence-electron chi connectivity index (χ1n) is 5.10. The van der Waals surface area contributed by atoms with Crippen LogP contribution in [-0.4, -0.2) is 17.6 Å². The maximum Gasteiger partial charge on any atom is 0.330 e. The van der Waals surface area contributed by atoms with Crippen molar-refractivity contribution >= 4 is 5.97 Å². The van der Waals surface area contributed by atoms with E-state index in [9.17, 15) is 4.79 Å². The first-order chi connectivity index (χ1) is 7.18. The summed E-state index contributed by atoms with van der Waals surface area (Å²) < 4.78 is 0. The van der Waals surface area contributed by atoms with Crippen LogP contribution in [0.4, 0.5) is 0 Å². The molecule has 0 fully saturated rings. The number of hydrogen-bond acceptors (Lipinski definition) is 2. The topological polar surface area (TPSA) is 86.1 Å². The number of aliphatic carboxylic acids is 1. The quantitative estimate of drug-likeness (QED) is 0.208. The van der Waals surface area contributed by atoms with E-state index in [0.717, 1.165) is 32.1 Å². The van der Waals surface area contributed by atoms with Crippen LogP contribution in [0.25, 0.3) is 10.4 Å². The third-order valence-electron chi connectivity index (χ3n) is 2.10. The molecule has 84 valence electrons. The molecule has 0 heterocycles. The van der Waals surface area contributed by atoms with Crippen molar-refractivity contribution in [1.82, 2.24) is 0 Å². The fourth-order valence-corrected chi connectivity index (χ4v) is 1.20. The van der Waals surface area contributed by atoms with Gasteiger partial charge in [0, 0.05) is 17.0 Å². The van der Waals surface area contributed by atoms with Gasteiger partial charge < -0.3 is 5.11 Å². The Morgan fingerprint density at radius 2 is 1.87 bits per heavy atom. The second-order valence-corrected chi connectivity index (χ2v) is 3.38. The zero-order valence-corrected chi connectivity index (χ0v) is 8.85. The Morgan fingerprint density at radius 3 is 2.47 bits per heavy atom. The minimum absolute atomic E-state index is 0.282. The molecule has 0 unspecified atom stereocenters. The molecule has 0 aliphatic rings. The van der Waals surface area contributed by atoms with Crippen molar-refractivity contribution in [1.29, 1.82) is 0 Å². The summed E-state index contributed by atoms with van der Waals surface area (Å²) in [6.45, 7) is 4.01. The van der Waals surface area contributed by atoms with E-state index in [1.807, 2.05) is 0 Å². The molecule has 0 spiro atoms. The lowest BCUT2D eigenvalue weighted by atomic mass is 10.1. The molecule has 0 aromatic carbocycles. The summed E-state index contributed by atoms with van der Waals surface area (Å²) in [5.41, 5.74) is 8.29. The normalized spacial score (nSPS) is 9.33. The van der Waals surface area contributed by atoms with E-state index < -0.39 is 5.97 Å². The number of unbranched alkanes of at least 4 members (excludes halogenated alkanes) is 4. The fourth-order valence-electron chi connectivity index (χ4n) is 1.20. The minimum Gasteiger partial charge on any atom is -0.478 e. The van der Waals surface area contributed by atoms with Crippen LogP contribution in [-0.2, 0) is 4.79 Å². The van der Waals surface area contributed by atoms with Crippen LogP contribution in [0.2, 0.25) is 0 Å². The van der Waals surface area contributed by atoms with Gasteiger partial charge in [0.25, 0.3) is 0 Å². The molecule has 0 bridgehead atoms. The van der Waals surface area contributed by atoms with Gasteiger partial charge in [0.05, 0.1) is 0 Å². The van der Waals surface area contributed by atoms with E-state index in [1.54, 1.807) is 0 Å². The third kappa shape index (κ3) is 8.84. The summed E-state index contributed by atoms with van der Waals surface area (Å²) >= 11 is 0. The molecule has 1 N–H and O–H groups in total. The molecule has 5 nitrogen and oxygen atoms in total. The standard InChI is InChI=1S/C10H17N3O2/c1-9(10(14)15)7-5-3-2-4-6-8-12-13-11/h1-8H2,(H,14,15). The maximum atomic E-state index is 10.4. The van der Waals surface area contributed by atoms with Gasteiger partial charge in [0.2, 0.25) is 0 Å². The molecule has 0 aromatic rings. The summed E-state index contributed by atoms with van der Waals surface area (Å²) in [6, 6.07) is 0. The Morgan fingerprint density at radius 1 is 1.27 bits per heavy atom. The van der Waals surface area contributed by atoms with Crippen LogP contribution in [0.3, 0.4) is 0 Å². The number of hydrogen-bond donors (Lipinski definition) is 1. The van der Waals surface area contributed by atoms with E-state index >= 15 is 0 Å². The molecule has 0 aromatic heterocycles. The van der Waals surface area contributed by atoms with Crippen LogP contribution >= 0.6 is 0 Å². The number of azide groups is 1. The van der Waals surface area contributed by atoms with Crippen molar-refractivity contribution < 1.29 is 9.90 Å². The second kappa shape index (κ2) is 9.09. The lowest BCUT2D eigenvalue weighted by molar-refractivity contribution is -0.132. The first-order valence-corrected chi connectivity index (χ1v) is 5.10. The molecule has 0 radical (unpaired) electrons. The number of carbonyl (C=O) groups is 1. The van der Waals surface area contributed by atoms with Crippen molar-refractivity contribution in [3.63, 3.8) is 0 Å². The summed E-state index contributed by atoms with van der Waals surface area (Å²) in [5, 5.41) is 12.0. The predicted octanol–water partition coefficient (Wildman–Crippen LogP) is 3.28. The molecule has 0 rings (SSSR count). The zero-order chi connectivity index (χ0) is 11.5. The summed E-state index contributed by atoms with van der Waals surface area (Å²) in [7, 11) is 0. The van der Waals surface area contributed by atoms with Crippen molar-refractivity contribution in [2.45, 2.75) is 38.5 Å². The number of carboxylic acids is 1. The predicted molar refractivity (Wildman–Crippen MR) is 58.5 cm³/mol. The molecule has 0 aliphatic heterocycles. The van der Waals surface area contributed by atoms with Gasteiger partial charge in [0.15, 0.2) is 0 Å². The Hall–Kier alpha value is -1.48.